The Morgan fingerprint density at radius 1 is 1.59 bits per heavy atom. The molecule has 0 bridgehead atoms. The third-order valence-electron chi connectivity index (χ3n) is 2.51. The number of rotatable bonds is 4. The van der Waals surface area contributed by atoms with Crippen LogP contribution < -0.4 is 5.56 Å². The molecular formula is C11H12N2O3S. The Bertz CT molecular complexity index is 615. The first-order chi connectivity index (χ1) is 8.09. The number of aliphatic carboxylic acids is 1. The lowest BCUT2D eigenvalue weighted by molar-refractivity contribution is -0.137. The van der Waals surface area contributed by atoms with Gasteiger partial charge in [-0.1, -0.05) is 0 Å². The Morgan fingerprint density at radius 3 is 3.06 bits per heavy atom. The van der Waals surface area contributed by atoms with Gasteiger partial charge in [0.25, 0.3) is 5.56 Å². The Balaban J connectivity index is 2.27. The van der Waals surface area contributed by atoms with E-state index in [2.05, 4.69) is 4.98 Å². The summed E-state index contributed by atoms with van der Waals surface area (Å²) < 4.78 is 2.11. The third kappa shape index (κ3) is 2.36. The summed E-state index contributed by atoms with van der Waals surface area (Å²) in [6, 6.07) is 0. The highest BCUT2D eigenvalue weighted by molar-refractivity contribution is 7.17. The molecule has 17 heavy (non-hydrogen) atoms. The molecule has 2 aromatic rings. The molecule has 90 valence electrons. The molecule has 1 N–H and O–H groups in total. The number of carboxylic acids is 1. The molecule has 6 heteroatoms. The van der Waals surface area contributed by atoms with Gasteiger partial charge < -0.3 is 5.11 Å². The van der Waals surface area contributed by atoms with E-state index in [4.69, 9.17) is 5.11 Å². The summed E-state index contributed by atoms with van der Waals surface area (Å²) in [5.41, 5.74) is 1.66. The van der Waals surface area contributed by atoms with E-state index in [1.807, 2.05) is 12.3 Å². The van der Waals surface area contributed by atoms with Crippen molar-refractivity contribution in [3.63, 3.8) is 0 Å². The molecule has 2 heterocycles. The van der Waals surface area contributed by atoms with Gasteiger partial charge in [-0.2, -0.15) is 0 Å². The molecule has 0 aliphatic carbocycles. The number of hydrogen-bond donors (Lipinski definition) is 1. The highest BCUT2D eigenvalue weighted by Crippen LogP contribution is 2.19. The first-order valence-corrected chi connectivity index (χ1v) is 6.12. The number of aryl methyl sites for hydroxylation is 2. The van der Waals surface area contributed by atoms with Crippen molar-refractivity contribution in [2.75, 3.05) is 0 Å². The van der Waals surface area contributed by atoms with Gasteiger partial charge in [-0.3, -0.25) is 14.2 Å². The Kier molecular flexibility index (Phi) is 3.23. The number of thiophene rings is 1. The van der Waals surface area contributed by atoms with Gasteiger partial charge in [0.15, 0.2) is 0 Å². The van der Waals surface area contributed by atoms with Crippen LogP contribution in [0.4, 0.5) is 0 Å². The SMILES string of the molecule is Cc1csc2c(=O)n(CCCC(=O)O)cnc12. The van der Waals surface area contributed by atoms with Gasteiger partial charge in [0.05, 0.1) is 11.8 Å². The van der Waals surface area contributed by atoms with E-state index >= 15 is 0 Å². The molecule has 5 nitrogen and oxygen atoms in total. The highest BCUT2D eigenvalue weighted by Gasteiger charge is 2.08. The van der Waals surface area contributed by atoms with Crippen LogP contribution in [-0.2, 0) is 11.3 Å². The lowest BCUT2D eigenvalue weighted by Crippen LogP contribution is -2.20. The second-order valence-corrected chi connectivity index (χ2v) is 4.72. The summed E-state index contributed by atoms with van der Waals surface area (Å²) in [5, 5.41) is 10.4. The van der Waals surface area contributed by atoms with Crippen molar-refractivity contribution >= 4 is 27.5 Å². The quantitative estimate of drug-likeness (QED) is 0.897. The zero-order valence-electron chi connectivity index (χ0n) is 9.34. The first kappa shape index (κ1) is 11.8. The van der Waals surface area contributed by atoms with Crippen LogP contribution in [0, 0.1) is 6.92 Å². The van der Waals surface area contributed by atoms with Crippen molar-refractivity contribution in [1.82, 2.24) is 9.55 Å². The zero-order chi connectivity index (χ0) is 12.4. The molecule has 0 atom stereocenters. The molecule has 0 aromatic carbocycles. The van der Waals surface area contributed by atoms with E-state index in [-0.39, 0.29) is 12.0 Å². The van der Waals surface area contributed by atoms with Crippen LogP contribution in [0.5, 0.6) is 0 Å². The summed E-state index contributed by atoms with van der Waals surface area (Å²) >= 11 is 1.38. The molecule has 0 saturated carbocycles. The average molecular weight is 252 g/mol. The minimum Gasteiger partial charge on any atom is -0.481 e. The summed E-state index contributed by atoms with van der Waals surface area (Å²) in [6.07, 6.45) is 1.99. The predicted octanol–water partition coefficient (Wildman–Crippen LogP) is 1.63. The molecule has 2 rings (SSSR count). The fraction of sp³-hybridized carbons (Fsp3) is 0.364. The number of carbonyl (C=O) groups is 1. The van der Waals surface area contributed by atoms with E-state index < -0.39 is 5.97 Å². The summed E-state index contributed by atoms with van der Waals surface area (Å²) in [4.78, 5) is 26.6. The van der Waals surface area contributed by atoms with Crippen LogP contribution in [0.1, 0.15) is 18.4 Å². The average Bonchev–Trinajstić information content (AvgIpc) is 2.64. The molecule has 0 unspecified atom stereocenters. The van der Waals surface area contributed by atoms with Gasteiger partial charge in [0.2, 0.25) is 0 Å². The normalized spacial score (nSPS) is 10.9. The molecule has 0 radical (unpaired) electrons. The Morgan fingerprint density at radius 2 is 2.35 bits per heavy atom. The van der Waals surface area contributed by atoms with E-state index in [0.29, 0.717) is 17.7 Å². The molecule has 0 amide bonds. The smallest absolute Gasteiger partial charge is 0.303 e. The summed E-state index contributed by atoms with van der Waals surface area (Å²) in [7, 11) is 0. The van der Waals surface area contributed by atoms with Crippen molar-refractivity contribution in [2.45, 2.75) is 26.3 Å². The van der Waals surface area contributed by atoms with Crippen molar-refractivity contribution in [2.24, 2.45) is 0 Å². The van der Waals surface area contributed by atoms with Crippen LogP contribution in [0.15, 0.2) is 16.5 Å². The van der Waals surface area contributed by atoms with Gasteiger partial charge >= 0.3 is 5.97 Å². The number of carboxylic acid groups (broad SMARTS) is 1. The van der Waals surface area contributed by atoms with E-state index in [1.165, 1.54) is 22.2 Å². The van der Waals surface area contributed by atoms with Crippen LogP contribution in [-0.4, -0.2) is 20.6 Å². The molecule has 0 aliphatic rings. The van der Waals surface area contributed by atoms with Crippen LogP contribution in [0.2, 0.25) is 0 Å². The zero-order valence-corrected chi connectivity index (χ0v) is 10.2. The lowest BCUT2D eigenvalue weighted by Gasteiger charge is -2.03. The Labute approximate surface area is 101 Å². The molecule has 2 aromatic heterocycles. The van der Waals surface area contributed by atoms with Crippen molar-refractivity contribution in [3.05, 3.63) is 27.6 Å². The first-order valence-electron chi connectivity index (χ1n) is 5.24. The van der Waals surface area contributed by atoms with E-state index in [9.17, 15) is 9.59 Å². The number of aromatic nitrogens is 2. The topological polar surface area (TPSA) is 72.2 Å². The molecule has 0 fully saturated rings. The van der Waals surface area contributed by atoms with Gasteiger partial charge in [0, 0.05) is 13.0 Å². The van der Waals surface area contributed by atoms with Crippen molar-refractivity contribution < 1.29 is 9.90 Å². The van der Waals surface area contributed by atoms with Gasteiger partial charge in [-0.25, -0.2) is 4.98 Å². The maximum atomic E-state index is 12.0. The van der Waals surface area contributed by atoms with Gasteiger partial charge in [0.1, 0.15) is 4.70 Å². The van der Waals surface area contributed by atoms with Crippen molar-refractivity contribution in [3.8, 4) is 0 Å². The minimum atomic E-state index is -0.848. The minimum absolute atomic E-state index is 0.0634. The molecular weight excluding hydrogens is 240 g/mol. The number of fused-ring (bicyclic) bond motifs is 1. The largest absolute Gasteiger partial charge is 0.481 e. The van der Waals surface area contributed by atoms with E-state index in [1.54, 1.807) is 0 Å². The predicted molar refractivity (Wildman–Crippen MR) is 65.5 cm³/mol. The van der Waals surface area contributed by atoms with Gasteiger partial charge in [-0.15, -0.1) is 11.3 Å². The maximum Gasteiger partial charge on any atom is 0.303 e. The van der Waals surface area contributed by atoms with E-state index in [0.717, 1.165) is 11.1 Å². The number of nitrogens with zero attached hydrogens (tertiary/aromatic N) is 2. The maximum absolute atomic E-state index is 12.0. The molecule has 0 saturated heterocycles. The fourth-order valence-electron chi connectivity index (χ4n) is 1.62. The second kappa shape index (κ2) is 4.67. The lowest BCUT2D eigenvalue weighted by atomic mass is 10.3. The Hall–Kier alpha value is -1.69. The third-order valence-corrected chi connectivity index (χ3v) is 3.59. The van der Waals surface area contributed by atoms with Crippen molar-refractivity contribution in [1.29, 1.82) is 0 Å². The monoisotopic (exact) mass is 252 g/mol. The molecule has 0 spiro atoms. The highest BCUT2D eigenvalue weighted by atomic mass is 32.1. The standard InChI is InChI=1S/C11H12N2O3S/c1-7-5-17-10-9(7)12-6-13(11(10)16)4-2-3-8(14)15/h5-6H,2-4H2,1H3,(H,14,15). The second-order valence-electron chi connectivity index (χ2n) is 3.84. The fourth-order valence-corrected chi connectivity index (χ4v) is 2.57. The van der Waals surface area contributed by atoms with Crippen LogP contribution in [0.25, 0.3) is 10.2 Å². The van der Waals surface area contributed by atoms with Crippen LogP contribution >= 0.6 is 11.3 Å². The number of hydrogen-bond acceptors (Lipinski definition) is 4. The van der Waals surface area contributed by atoms with Gasteiger partial charge in [-0.05, 0) is 24.3 Å². The summed E-state index contributed by atoms with van der Waals surface area (Å²) in [5.74, 6) is -0.848. The van der Waals surface area contributed by atoms with Crippen LogP contribution in [0.3, 0.4) is 0 Å². The molecule has 0 aliphatic heterocycles. The summed E-state index contributed by atoms with van der Waals surface area (Å²) in [6.45, 7) is 2.31.